The zero-order valence-corrected chi connectivity index (χ0v) is 12.2. The molecule has 0 aromatic rings. The second-order valence-corrected chi connectivity index (χ2v) is 5.83. The van der Waals surface area contributed by atoms with Gasteiger partial charge in [-0.15, -0.1) is 0 Å². The average Bonchev–Trinajstić information content (AvgIpc) is 2.24. The largest absolute Gasteiger partial charge is 0.368 e. The lowest BCUT2D eigenvalue weighted by atomic mass is 10.0. The molecule has 1 aliphatic heterocycles. The molecule has 1 aliphatic rings. The monoisotopic (exact) mass is 291 g/mol. The van der Waals surface area contributed by atoms with Crippen LogP contribution in [-0.4, -0.2) is 40.9 Å². The summed E-state index contributed by atoms with van der Waals surface area (Å²) >= 11 is 3.43. The fraction of sp³-hybridized carbons (Fsp3) is 0.917. The fourth-order valence-electron chi connectivity index (χ4n) is 2.03. The summed E-state index contributed by atoms with van der Waals surface area (Å²) in [5.41, 5.74) is -0.236. The van der Waals surface area contributed by atoms with E-state index in [0.29, 0.717) is 13.1 Å². The second-order valence-electron chi connectivity index (χ2n) is 5.18. The molecule has 0 spiro atoms. The first kappa shape index (κ1) is 14.0. The van der Waals surface area contributed by atoms with E-state index in [1.165, 1.54) is 0 Å². The first-order valence-corrected chi connectivity index (χ1v) is 7.04. The number of nitrogens with zero attached hydrogens (tertiary/aromatic N) is 1. The summed E-state index contributed by atoms with van der Waals surface area (Å²) in [6, 6.07) is 0. The molecule has 2 unspecified atom stereocenters. The Labute approximate surface area is 107 Å². The van der Waals surface area contributed by atoms with Gasteiger partial charge in [0.05, 0.1) is 11.7 Å². The van der Waals surface area contributed by atoms with Gasteiger partial charge in [-0.3, -0.25) is 4.79 Å². The molecule has 16 heavy (non-hydrogen) atoms. The molecular formula is C12H22BrNO2. The van der Waals surface area contributed by atoms with Gasteiger partial charge in [0, 0.05) is 24.3 Å². The van der Waals surface area contributed by atoms with E-state index in [1.54, 1.807) is 0 Å². The highest BCUT2D eigenvalue weighted by atomic mass is 79.9. The van der Waals surface area contributed by atoms with Gasteiger partial charge in [-0.2, -0.15) is 0 Å². The Bertz CT molecular complexity index is 255. The lowest BCUT2D eigenvalue weighted by molar-refractivity contribution is -0.160. The van der Waals surface area contributed by atoms with Crippen molar-refractivity contribution in [2.45, 2.75) is 45.8 Å². The van der Waals surface area contributed by atoms with E-state index in [2.05, 4.69) is 22.9 Å². The van der Waals surface area contributed by atoms with Crippen LogP contribution in [0.25, 0.3) is 0 Å². The molecule has 0 aromatic carbocycles. The van der Waals surface area contributed by atoms with Crippen molar-refractivity contribution in [2.24, 2.45) is 5.92 Å². The third-order valence-electron chi connectivity index (χ3n) is 3.00. The van der Waals surface area contributed by atoms with E-state index >= 15 is 0 Å². The predicted molar refractivity (Wildman–Crippen MR) is 68.8 cm³/mol. The normalized spacial score (nSPS) is 26.6. The average molecular weight is 292 g/mol. The molecule has 1 heterocycles. The van der Waals surface area contributed by atoms with E-state index in [9.17, 15) is 4.79 Å². The van der Waals surface area contributed by atoms with Gasteiger partial charge >= 0.3 is 0 Å². The lowest BCUT2D eigenvalue weighted by Crippen LogP contribution is -2.56. The number of carbonyl (C=O) groups excluding carboxylic acids is 1. The molecule has 1 saturated heterocycles. The second kappa shape index (κ2) is 5.50. The summed E-state index contributed by atoms with van der Waals surface area (Å²) in [5, 5.41) is 0.778. The van der Waals surface area contributed by atoms with Gasteiger partial charge in [0.15, 0.2) is 0 Å². The minimum absolute atomic E-state index is 0.108. The highest BCUT2D eigenvalue weighted by molar-refractivity contribution is 9.09. The summed E-state index contributed by atoms with van der Waals surface area (Å²) < 4.78 is 5.88. The van der Waals surface area contributed by atoms with Crippen LogP contribution in [-0.2, 0) is 9.53 Å². The topological polar surface area (TPSA) is 29.5 Å². The van der Waals surface area contributed by atoms with Crippen molar-refractivity contribution < 1.29 is 9.53 Å². The number of halogens is 1. The van der Waals surface area contributed by atoms with Crippen LogP contribution in [0.5, 0.6) is 0 Å². The van der Waals surface area contributed by atoms with Crippen LogP contribution in [0.15, 0.2) is 0 Å². The minimum Gasteiger partial charge on any atom is -0.368 e. The third kappa shape index (κ3) is 3.45. The number of morpholine rings is 1. The Balaban J connectivity index is 2.69. The first-order valence-electron chi connectivity index (χ1n) is 5.92. The summed E-state index contributed by atoms with van der Waals surface area (Å²) in [6.45, 7) is 9.53. The van der Waals surface area contributed by atoms with E-state index < -0.39 is 0 Å². The number of alkyl halides is 1. The quantitative estimate of drug-likeness (QED) is 0.748. The SMILES string of the molecule is CCC(C)C(=O)N1CC(CBr)OC(C)(C)C1. The van der Waals surface area contributed by atoms with Crippen molar-refractivity contribution in [1.29, 1.82) is 0 Å². The molecule has 0 aromatic heterocycles. The van der Waals surface area contributed by atoms with Crippen molar-refractivity contribution >= 4 is 21.8 Å². The molecule has 4 heteroatoms. The number of rotatable bonds is 3. The molecule has 2 atom stereocenters. The highest BCUT2D eigenvalue weighted by Crippen LogP contribution is 2.23. The zero-order chi connectivity index (χ0) is 12.3. The highest BCUT2D eigenvalue weighted by Gasteiger charge is 2.35. The van der Waals surface area contributed by atoms with Gasteiger partial charge in [-0.25, -0.2) is 0 Å². The van der Waals surface area contributed by atoms with Gasteiger partial charge in [-0.1, -0.05) is 29.8 Å². The Hall–Kier alpha value is -0.0900. The molecule has 1 rings (SSSR count). The molecule has 1 fully saturated rings. The van der Waals surface area contributed by atoms with E-state index in [1.807, 2.05) is 25.7 Å². The number of carbonyl (C=O) groups is 1. The number of amides is 1. The van der Waals surface area contributed by atoms with Crippen LogP contribution in [0, 0.1) is 5.92 Å². The van der Waals surface area contributed by atoms with E-state index in [0.717, 1.165) is 11.8 Å². The van der Waals surface area contributed by atoms with Crippen LogP contribution in [0.3, 0.4) is 0 Å². The zero-order valence-electron chi connectivity index (χ0n) is 10.6. The number of hydrogen-bond donors (Lipinski definition) is 0. The maximum atomic E-state index is 12.1. The molecule has 94 valence electrons. The fourth-order valence-corrected chi connectivity index (χ4v) is 2.37. The summed E-state index contributed by atoms with van der Waals surface area (Å²) in [5.74, 6) is 0.370. The maximum Gasteiger partial charge on any atom is 0.225 e. The Morgan fingerprint density at radius 1 is 1.62 bits per heavy atom. The standard InChI is InChI=1S/C12H22BrNO2/c1-5-9(2)11(15)14-7-10(6-13)16-12(3,4)8-14/h9-10H,5-8H2,1-4H3. The summed E-state index contributed by atoms with van der Waals surface area (Å²) in [7, 11) is 0. The van der Waals surface area contributed by atoms with Crippen molar-refractivity contribution in [3.05, 3.63) is 0 Å². The molecular weight excluding hydrogens is 270 g/mol. The molecule has 0 bridgehead atoms. The molecule has 1 amide bonds. The Morgan fingerprint density at radius 3 is 2.75 bits per heavy atom. The van der Waals surface area contributed by atoms with Crippen LogP contribution in [0.4, 0.5) is 0 Å². The Morgan fingerprint density at radius 2 is 2.25 bits per heavy atom. The van der Waals surface area contributed by atoms with Crippen molar-refractivity contribution in [2.75, 3.05) is 18.4 Å². The number of ether oxygens (including phenoxy) is 1. The van der Waals surface area contributed by atoms with Gasteiger partial charge in [0.25, 0.3) is 0 Å². The number of hydrogen-bond acceptors (Lipinski definition) is 2. The van der Waals surface area contributed by atoms with Crippen LogP contribution >= 0.6 is 15.9 Å². The Kier molecular flexibility index (Phi) is 4.80. The van der Waals surface area contributed by atoms with Crippen molar-refractivity contribution in [3.8, 4) is 0 Å². The van der Waals surface area contributed by atoms with Gasteiger partial charge in [0.1, 0.15) is 0 Å². The minimum atomic E-state index is -0.236. The molecule has 3 nitrogen and oxygen atoms in total. The van der Waals surface area contributed by atoms with Crippen LogP contribution < -0.4 is 0 Å². The smallest absolute Gasteiger partial charge is 0.225 e. The molecule has 0 N–H and O–H groups in total. The van der Waals surface area contributed by atoms with E-state index in [-0.39, 0.29) is 23.5 Å². The summed E-state index contributed by atoms with van der Waals surface area (Å²) in [4.78, 5) is 14.1. The first-order chi connectivity index (χ1) is 7.39. The van der Waals surface area contributed by atoms with Crippen LogP contribution in [0.1, 0.15) is 34.1 Å². The maximum absolute atomic E-state index is 12.1. The van der Waals surface area contributed by atoms with Crippen molar-refractivity contribution in [1.82, 2.24) is 4.90 Å². The van der Waals surface area contributed by atoms with E-state index in [4.69, 9.17) is 4.74 Å². The van der Waals surface area contributed by atoms with Gasteiger partial charge in [0.2, 0.25) is 5.91 Å². The lowest BCUT2D eigenvalue weighted by Gasteiger charge is -2.43. The molecule has 0 saturated carbocycles. The predicted octanol–water partition coefficient (Wildman–Crippen LogP) is 2.43. The van der Waals surface area contributed by atoms with Gasteiger partial charge < -0.3 is 9.64 Å². The van der Waals surface area contributed by atoms with Gasteiger partial charge in [-0.05, 0) is 20.3 Å². The summed E-state index contributed by atoms with van der Waals surface area (Å²) in [6.07, 6.45) is 1.01. The molecule has 0 aliphatic carbocycles. The molecule has 0 radical (unpaired) electrons. The third-order valence-corrected chi connectivity index (χ3v) is 3.72. The van der Waals surface area contributed by atoms with Crippen molar-refractivity contribution in [3.63, 3.8) is 0 Å². The van der Waals surface area contributed by atoms with Crippen LogP contribution in [0.2, 0.25) is 0 Å².